The first-order chi connectivity index (χ1) is 25.1. The first kappa shape index (κ1) is 36.4. The molecule has 4 aromatic carbocycles. The third kappa shape index (κ3) is 9.30. The number of nitrogens with one attached hydrogen (secondary N) is 4. The Bertz CT molecular complexity index is 2250. The van der Waals surface area contributed by atoms with E-state index in [1.165, 1.54) is 60.9 Å². The van der Waals surface area contributed by atoms with E-state index in [0.717, 1.165) is 8.92 Å². The van der Waals surface area contributed by atoms with Crippen molar-refractivity contribution in [3.63, 3.8) is 0 Å². The van der Waals surface area contributed by atoms with E-state index in [2.05, 4.69) is 30.0 Å². The zero-order valence-electron chi connectivity index (χ0n) is 26.8. The number of pyridine rings is 2. The molecule has 2 aromatic heterocycles. The van der Waals surface area contributed by atoms with Crippen molar-refractivity contribution in [2.75, 3.05) is 20.1 Å². The van der Waals surface area contributed by atoms with E-state index < -0.39 is 20.0 Å². The summed E-state index contributed by atoms with van der Waals surface area (Å²) < 4.78 is 57.6. The van der Waals surface area contributed by atoms with Crippen LogP contribution < -0.4 is 29.0 Å². The molecule has 0 aliphatic carbocycles. The maximum absolute atomic E-state index is 13.4. The van der Waals surface area contributed by atoms with Gasteiger partial charge in [0.05, 0.1) is 0 Å². The third-order valence-electron chi connectivity index (χ3n) is 7.14. The zero-order valence-corrected chi connectivity index (χ0v) is 31.9. The number of benzene rings is 4. The average Bonchev–Trinajstić information content (AvgIpc) is 3.15. The standard InChI is InChI=1S/C36H28N6O6S2Se2/c43-35(39-25-15-19-27(20-16-25)49(45,46)41-33-13-5-7-23-37-33)29-9-1-3-11-31(29)51-52-32-12-4-2-10-30(32)36(44)40-26-17-21-28(22-18-26)50(47,48)42-34-14-6-8-24-38-34/h1-24H,(H,37,41)(H,38,42)(H,39,43)(H,40,44). The summed E-state index contributed by atoms with van der Waals surface area (Å²) in [5.74, 6) is -0.303. The molecule has 0 aliphatic heterocycles. The van der Waals surface area contributed by atoms with Gasteiger partial charge in [0, 0.05) is 12.4 Å². The van der Waals surface area contributed by atoms with Gasteiger partial charge in [0.15, 0.2) is 0 Å². The van der Waals surface area contributed by atoms with E-state index in [1.54, 1.807) is 60.7 Å². The van der Waals surface area contributed by atoms with Crippen LogP contribution in [0.3, 0.4) is 0 Å². The Morgan fingerprint density at radius 3 is 1.19 bits per heavy atom. The first-order valence-corrected chi connectivity index (χ1v) is 24.3. The van der Waals surface area contributed by atoms with Crippen molar-refractivity contribution in [2.24, 2.45) is 0 Å². The molecule has 2 heterocycles. The van der Waals surface area contributed by atoms with Gasteiger partial charge in [0.1, 0.15) is 0 Å². The molecule has 6 rings (SSSR count). The number of nitrogens with zero attached hydrogens (tertiary/aromatic N) is 2. The van der Waals surface area contributed by atoms with E-state index in [-0.39, 0.29) is 59.5 Å². The number of amides is 2. The Morgan fingerprint density at radius 2 is 0.827 bits per heavy atom. The Labute approximate surface area is 311 Å². The van der Waals surface area contributed by atoms with Crippen LogP contribution in [-0.4, -0.2) is 64.9 Å². The van der Waals surface area contributed by atoms with Gasteiger partial charge < -0.3 is 0 Å². The molecular weight excluding hydrogens is 834 g/mol. The van der Waals surface area contributed by atoms with E-state index >= 15 is 0 Å². The van der Waals surface area contributed by atoms with Crippen molar-refractivity contribution in [3.8, 4) is 0 Å². The van der Waals surface area contributed by atoms with E-state index in [9.17, 15) is 26.4 Å². The topological polar surface area (TPSA) is 176 Å². The molecule has 12 nitrogen and oxygen atoms in total. The second kappa shape index (κ2) is 16.3. The van der Waals surface area contributed by atoms with Gasteiger partial charge in [-0.15, -0.1) is 0 Å². The summed E-state index contributed by atoms with van der Waals surface area (Å²) in [5.41, 5.74) is 1.80. The quantitative estimate of drug-likeness (QED) is 0.127. The van der Waals surface area contributed by atoms with E-state index in [0.29, 0.717) is 22.5 Å². The fourth-order valence-electron chi connectivity index (χ4n) is 4.61. The fourth-order valence-corrected chi connectivity index (χ4v) is 13.7. The number of sulfonamides is 2. The van der Waals surface area contributed by atoms with Crippen LogP contribution in [0.2, 0.25) is 0 Å². The predicted molar refractivity (Wildman–Crippen MR) is 203 cm³/mol. The molecule has 0 bridgehead atoms. The normalized spacial score (nSPS) is 11.3. The fraction of sp³-hybridized carbons (Fsp3) is 0. The van der Waals surface area contributed by atoms with Crippen molar-refractivity contribution in [3.05, 3.63) is 157 Å². The SMILES string of the molecule is O=C(Nc1ccc(S(=O)(=O)Nc2ccccn2)cc1)c1ccccc1[Se][Se]c1ccccc1C(=O)Nc1ccc(S(=O)(=O)Nc2ccccn2)cc1. The van der Waals surface area contributed by atoms with E-state index in [1.807, 2.05) is 24.3 Å². The van der Waals surface area contributed by atoms with Crippen LogP contribution in [0.4, 0.5) is 23.0 Å². The Kier molecular flexibility index (Phi) is 11.5. The van der Waals surface area contributed by atoms with Gasteiger partial charge in [0.2, 0.25) is 0 Å². The van der Waals surface area contributed by atoms with E-state index in [4.69, 9.17) is 0 Å². The molecule has 0 spiro atoms. The molecule has 6 aromatic rings. The number of hydrogen-bond donors (Lipinski definition) is 4. The number of rotatable bonds is 13. The molecule has 4 N–H and O–H groups in total. The Balaban J connectivity index is 1.09. The summed E-state index contributed by atoms with van der Waals surface area (Å²) >= 11 is -0.383. The van der Waals surface area contributed by atoms with Crippen LogP contribution in [0.25, 0.3) is 0 Å². The molecule has 0 fully saturated rings. The van der Waals surface area contributed by atoms with Crippen LogP contribution in [0.15, 0.2) is 156 Å². The monoisotopic (exact) mass is 864 g/mol. The molecule has 52 heavy (non-hydrogen) atoms. The van der Waals surface area contributed by atoms with Gasteiger partial charge >= 0.3 is 277 Å². The number of carbonyl (C=O) groups is 2. The van der Waals surface area contributed by atoms with Gasteiger partial charge in [-0.1, -0.05) is 12.1 Å². The van der Waals surface area contributed by atoms with Crippen molar-refractivity contribution in [2.45, 2.75) is 9.79 Å². The molecule has 2 amide bonds. The van der Waals surface area contributed by atoms with Gasteiger partial charge in [-0.05, 0) is 12.1 Å². The minimum atomic E-state index is -3.87. The van der Waals surface area contributed by atoms with Crippen LogP contribution in [0.5, 0.6) is 0 Å². The Hall–Kier alpha value is -5.34. The van der Waals surface area contributed by atoms with Crippen molar-refractivity contribution in [1.82, 2.24) is 9.97 Å². The summed E-state index contributed by atoms with van der Waals surface area (Å²) in [6.45, 7) is 0. The van der Waals surface area contributed by atoms with Gasteiger partial charge in [-0.25, -0.2) is 0 Å². The summed E-state index contributed by atoms with van der Waals surface area (Å²) in [4.78, 5) is 34.8. The second-order valence-electron chi connectivity index (χ2n) is 10.8. The van der Waals surface area contributed by atoms with Crippen molar-refractivity contribution in [1.29, 1.82) is 0 Å². The van der Waals surface area contributed by atoms with Crippen molar-refractivity contribution >= 4 is 90.1 Å². The third-order valence-corrected chi connectivity index (χ3v) is 17.1. The number of aromatic nitrogens is 2. The molecule has 0 aliphatic rings. The van der Waals surface area contributed by atoms with Gasteiger partial charge in [-0.2, -0.15) is 0 Å². The van der Waals surface area contributed by atoms with Crippen LogP contribution in [0.1, 0.15) is 20.7 Å². The molecule has 262 valence electrons. The molecule has 0 saturated heterocycles. The maximum atomic E-state index is 13.4. The van der Waals surface area contributed by atoms with Crippen LogP contribution in [-0.2, 0) is 20.0 Å². The summed E-state index contributed by atoms with van der Waals surface area (Å²) in [7, 11) is -7.74. The first-order valence-electron chi connectivity index (χ1n) is 15.3. The van der Waals surface area contributed by atoms with Crippen molar-refractivity contribution < 1.29 is 26.4 Å². The number of carbonyl (C=O) groups excluding carboxylic acids is 2. The Morgan fingerprint density at radius 1 is 0.462 bits per heavy atom. The van der Waals surface area contributed by atoms with Crippen LogP contribution >= 0.6 is 0 Å². The molecular formula is C36H28N6O6S2Se2. The zero-order chi connectivity index (χ0) is 36.6. The van der Waals surface area contributed by atoms with Gasteiger partial charge in [0.25, 0.3) is 0 Å². The summed E-state index contributed by atoms with van der Waals surface area (Å²) in [6.07, 6.45) is 2.97. The van der Waals surface area contributed by atoms with Gasteiger partial charge in [-0.3, -0.25) is 0 Å². The minimum absolute atomic E-state index is 0.0177. The molecule has 0 saturated carbocycles. The predicted octanol–water partition coefficient (Wildman–Crippen LogP) is 3.86. The summed E-state index contributed by atoms with van der Waals surface area (Å²) in [6, 6.07) is 35.9. The van der Waals surface area contributed by atoms with Crippen LogP contribution in [0, 0.1) is 0 Å². The molecule has 0 atom stereocenters. The average molecular weight is 863 g/mol. The number of hydrogen-bond acceptors (Lipinski definition) is 8. The second-order valence-corrected chi connectivity index (χ2v) is 20.3. The number of anilines is 4. The summed E-state index contributed by atoms with van der Waals surface area (Å²) in [5, 5.41) is 5.70. The molecule has 0 unspecified atom stereocenters. The molecule has 0 radical (unpaired) electrons. The molecule has 16 heteroatoms.